The second kappa shape index (κ2) is 6.83. The predicted octanol–water partition coefficient (Wildman–Crippen LogP) is 2.65. The first-order valence-corrected chi connectivity index (χ1v) is 9.39. The monoisotopic (exact) mass is 316 g/mol. The van der Waals surface area contributed by atoms with Crippen molar-refractivity contribution in [3.05, 3.63) is 23.3 Å². The number of hydrogen-bond donors (Lipinski definition) is 1. The lowest BCUT2D eigenvalue weighted by molar-refractivity contribution is 0.382. The molecule has 0 aliphatic rings. The van der Waals surface area contributed by atoms with Crippen molar-refractivity contribution >= 4 is 27.5 Å². The summed E-state index contributed by atoms with van der Waals surface area (Å²) in [5, 5.41) is 0. The van der Waals surface area contributed by atoms with E-state index in [0.717, 1.165) is 23.3 Å². The van der Waals surface area contributed by atoms with Crippen LogP contribution in [-0.2, 0) is 10.0 Å². The van der Waals surface area contributed by atoms with Crippen LogP contribution < -0.4 is 5.73 Å². The Morgan fingerprint density at radius 1 is 1.35 bits per heavy atom. The van der Waals surface area contributed by atoms with Crippen LogP contribution in [0.2, 0.25) is 0 Å². The fourth-order valence-electron chi connectivity index (χ4n) is 1.87. The molecule has 1 aromatic carbocycles. The molecule has 4 nitrogen and oxygen atoms in total. The summed E-state index contributed by atoms with van der Waals surface area (Å²) in [5.74, 6) is 0.941. The summed E-state index contributed by atoms with van der Waals surface area (Å²) in [4.78, 5) is 0.275. The van der Waals surface area contributed by atoms with E-state index in [0.29, 0.717) is 5.69 Å². The maximum Gasteiger partial charge on any atom is 0.243 e. The zero-order valence-corrected chi connectivity index (χ0v) is 14.4. The van der Waals surface area contributed by atoms with Gasteiger partial charge in [0, 0.05) is 18.8 Å². The van der Waals surface area contributed by atoms with Crippen molar-refractivity contribution in [3.8, 4) is 0 Å². The van der Waals surface area contributed by atoms with Gasteiger partial charge in [0.1, 0.15) is 0 Å². The van der Waals surface area contributed by atoms with Gasteiger partial charge in [-0.15, -0.1) is 0 Å². The van der Waals surface area contributed by atoms with Gasteiger partial charge >= 0.3 is 0 Å². The molecule has 0 bridgehead atoms. The zero-order chi connectivity index (χ0) is 15.5. The highest BCUT2D eigenvalue weighted by molar-refractivity contribution is 7.98. The standard InChI is InChI=1S/C14H24N2O2S2/c1-10-8-13(9-14(15)12(10)3)20(17,18)16(4)11(2)6-7-19-5/h8-9,11H,6-7,15H2,1-5H3. The van der Waals surface area contributed by atoms with Crippen LogP contribution in [0.5, 0.6) is 0 Å². The average Bonchev–Trinajstić information content (AvgIpc) is 2.40. The topological polar surface area (TPSA) is 63.4 Å². The highest BCUT2D eigenvalue weighted by Gasteiger charge is 2.25. The first-order valence-electron chi connectivity index (χ1n) is 6.55. The van der Waals surface area contributed by atoms with Gasteiger partial charge in [0.05, 0.1) is 4.90 Å². The summed E-state index contributed by atoms with van der Waals surface area (Å²) in [7, 11) is -1.86. The number of nitrogens with zero attached hydrogens (tertiary/aromatic N) is 1. The molecule has 0 heterocycles. The number of nitrogen functional groups attached to an aromatic ring is 1. The van der Waals surface area contributed by atoms with E-state index in [1.807, 2.05) is 27.0 Å². The number of benzene rings is 1. The quantitative estimate of drug-likeness (QED) is 0.820. The number of hydrogen-bond acceptors (Lipinski definition) is 4. The molecule has 20 heavy (non-hydrogen) atoms. The van der Waals surface area contributed by atoms with Crippen LogP contribution in [-0.4, -0.2) is 37.8 Å². The molecule has 6 heteroatoms. The van der Waals surface area contributed by atoms with Crippen molar-refractivity contribution < 1.29 is 8.42 Å². The molecular formula is C14H24N2O2S2. The Balaban J connectivity index is 3.10. The second-order valence-electron chi connectivity index (χ2n) is 5.11. The highest BCUT2D eigenvalue weighted by atomic mass is 32.2. The molecule has 0 aromatic heterocycles. The van der Waals surface area contributed by atoms with Crippen LogP contribution in [0, 0.1) is 13.8 Å². The Kier molecular flexibility index (Phi) is 5.91. The van der Waals surface area contributed by atoms with Crippen LogP contribution in [0.4, 0.5) is 5.69 Å². The number of sulfonamides is 1. The molecule has 1 unspecified atom stereocenters. The summed E-state index contributed by atoms with van der Waals surface area (Å²) in [6, 6.07) is 3.21. The second-order valence-corrected chi connectivity index (χ2v) is 8.09. The fraction of sp³-hybridized carbons (Fsp3) is 0.571. The molecule has 1 atom stereocenters. The molecule has 114 valence electrons. The molecule has 0 amide bonds. The number of nitrogens with two attached hydrogens (primary N) is 1. The van der Waals surface area contributed by atoms with E-state index in [1.165, 1.54) is 4.31 Å². The SMILES string of the molecule is CSCCC(C)N(C)S(=O)(=O)c1cc(C)c(C)c(N)c1. The zero-order valence-electron chi connectivity index (χ0n) is 12.8. The number of rotatable bonds is 6. The van der Waals surface area contributed by atoms with E-state index in [-0.39, 0.29) is 10.9 Å². The number of anilines is 1. The number of aryl methyl sites for hydroxylation is 1. The Hall–Kier alpha value is -0.720. The Bertz CT molecular complexity index is 548. The summed E-state index contributed by atoms with van der Waals surface area (Å²) in [6.45, 7) is 5.70. The Morgan fingerprint density at radius 2 is 1.95 bits per heavy atom. The lowest BCUT2D eigenvalue weighted by Crippen LogP contribution is -2.35. The molecule has 0 radical (unpaired) electrons. The van der Waals surface area contributed by atoms with E-state index in [9.17, 15) is 8.42 Å². The maximum absolute atomic E-state index is 12.6. The van der Waals surface area contributed by atoms with Gasteiger partial charge in [-0.3, -0.25) is 0 Å². The van der Waals surface area contributed by atoms with E-state index < -0.39 is 10.0 Å². The average molecular weight is 316 g/mol. The summed E-state index contributed by atoms with van der Waals surface area (Å²) >= 11 is 1.72. The van der Waals surface area contributed by atoms with Gasteiger partial charge in [0.2, 0.25) is 10.0 Å². The van der Waals surface area contributed by atoms with Crippen molar-refractivity contribution in [2.24, 2.45) is 0 Å². The molecular weight excluding hydrogens is 292 g/mol. The van der Waals surface area contributed by atoms with Gasteiger partial charge in [-0.1, -0.05) is 0 Å². The summed E-state index contributed by atoms with van der Waals surface area (Å²) < 4.78 is 26.7. The smallest absolute Gasteiger partial charge is 0.243 e. The highest BCUT2D eigenvalue weighted by Crippen LogP contribution is 2.25. The third-order valence-corrected chi connectivity index (χ3v) is 6.31. The van der Waals surface area contributed by atoms with E-state index in [1.54, 1.807) is 30.9 Å². The van der Waals surface area contributed by atoms with Crippen LogP contribution in [0.3, 0.4) is 0 Å². The number of thioether (sulfide) groups is 1. The molecule has 0 fully saturated rings. The lowest BCUT2D eigenvalue weighted by Gasteiger charge is -2.24. The molecule has 0 saturated heterocycles. The van der Waals surface area contributed by atoms with Crippen LogP contribution >= 0.6 is 11.8 Å². The Morgan fingerprint density at radius 3 is 2.45 bits per heavy atom. The first-order chi connectivity index (χ1) is 9.21. The third-order valence-electron chi connectivity index (χ3n) is 3.72. The van der Waals surface area contributed by atoms with Gasteiger partial charge in [-0.25, -0.2) is 8.42 Å². The van der Waals surface area contributed by atoms with Gasteiger partial charge < -0.3 is 5.73 Å². The third kappa shape index (κ3) is 3.68. The molecule has 1 aromatic rings. The van der Waals surface area contributed by atoms with Crippen molar-refractivity contribution in [1.82, 2.24) is 4.31 Å². The van der Waals surface area contributed by atoms with Crippen molar-refractivity contribution in [1.29, 1.82) is 0 Å². The molecule has 0 aliphatic carbocycles. The molecule has 1 rings (SSSR count). The Labute approximate surface area is 126 Å². The van der Waals surface area contributed by atoms with E-state index in [4.69, 9.17) is 5.73 Å². The fourth-order valence-corrected chi connectivity index (χ4v) is 3.96. The van der Waals surface area contributed by atoms with Crippen molar-refractivity contribution in [2.45, 2.75) is 38.1 Å². The molecule has 0 aliphatic heterocycles. The molecule has 0 saturated carbocycles. The minimum absolute atomic E-state index is 0.0321. The maximum atomic E-state index is 12.6. The lowest BCUT2D eigenvalue weighted by atomic mass is 10.1. The minimum atomic E-state index is -3.49. The predicted molar refractivity (Wildman–Crippen MR) is 87.7 cm³/mol. The first kappa shape index (κ1) is 17.3. The van der Waals surface area contributed by atoms with Crippen molar-refractivity contribution in [2.75, 3.05) is 24.8 Å². The van der Waals surface area contributed by atoms with Gasteiger partial charge in [-0.05, 0) is 62.5 Å². The van der Waals surface area contributed by atoms with Crippen LogP contribution in [0.15, 0.2) is 17.0 Å². The minimum Gasteiger partial charge on any atom is -0.398 e. The van der Waals surface area contributed by atoms with Gasteiger partial charge in [-0.2, -0.15) is 16.1 Å². The van der Waals surface area contributed by atoms with E-state index >= 15 is 0 Å². The van der Waals surface area contributed by atoms with Crippen molar-refractivity contribution in [3.63, 3.8) is 0 Å². The molecule has 0 spiro atoms. The van der Waals surface area contributed by atoms with Gasteiger partial charge in [0.25, 0.3) is 0 Å². The van der Waals surface area contributed by atoms with E-state index in [2.05, 4.69) is 0 Å². The van der Waals surface area contributed by atoms with Crippen LogP contribution in [0.1, 0.15) is 24.5 Å². The summed E-state index contributed by atoms with van der Waals surface area (Å²) in [6.07, 6.45) is 2.85. The largest absolute Gasteiger partial charge is 0.398 e. The van der Waals surface area contributed by atoms with Gasteiger partial charge in [0.15, 0.2) is 0 Å². The molecule has 2 N–H and O–H groups in total. The normalized spacial score (nSPS) is 13.7. The van der Waals surface area contributed by atoms with Crippen LogP contribution in [0.25, 0.3) is 0 Å². The summed E-state index contributed by atoms with van der Waals surface area (Å²) in [5.41, 5.74) is 8.24.